The molecule has 1 atom stereocenters. The SMILES string of the molecule is CCCC[C@@H]1CN(Cc2cc(C)cc(OCC(=O)OC)c2)CCN1c1nc2ccc(OC(F)(F)F)cc2s1. The number of rotatable bonds is 10. The van der Waals surface area contributed by atoms with Crippen LogP contribution in [0.3, 0.4) is 0 Å². The first-order valence-corrected chi connectivity index (χ1v) is 13.4. The van der Waals surface area contributed by atoms with Crippen LogP contribution in [0, 0.1) is 6.92 Å². The first-order chi connectivity index (χ1) is 18.1. The number of hydrogen-bond acceptors (Lipinski definition) is 8. The van der Waals surface area contributed by atoms with Crippen molar-refractivity contribution in [1.29, 1.82) is 0 Å². The highest BCUT2D eigenvalue weighted by Gasteiger charge is 2.32. The molecule has 7 nitrogen and oxygen atoms in total. The molecule has 0 spiro atoms. The standard InChI is InChI=1S/C27H32F3N3O4S/c1-4-5-6-20-16-32(15-19-11-18(2)12-22(13-19)36-17-25(34)35-3)9-10-33(20)26-31-23-8-7-21(14-24(23)38-26)37-27(28,29)30/h7-8,11-14,20H,4-6,9-10,15-17H2,1-3H3/t20-/m1/s1. The fourth-order valence-electron chi connectivity index (χ4n) is 4.67. The molecule has 38 heavy (non-hydrogen) atoms. The van der Waals surface area contributed by atoms with E-state index in [2.05, 4.69) is 32.3 Å². The normalized spacial score (nSPS) is 16.6. The predicted octanol–water partition coefficient (Wildman–Crippen LogP) is 5.94. The number of anilines is 1. The number of carbonyl (C=O) groups is 1. The van der Waals surface area contributed by atoms with Crippen LogP contribution in [0.15, 0.2) is 36.4 Å². The van der Waals surface area contributed by atoms with E-state index in [1.54, 1.807) is 6.07 Å². The van der Waals surface area contributed by atoms with Gasteiger partial charge in [0.2, 0.25) is 0 Å². The van der Waals surface area contributed by atoms with Crippen molar-refractivity contribution in [3.63, 3.8) is 0 Å². The second-order valence-electron chi connectivity index (χ2n) is 9.42. The lowest BCUT2D eigenvalue weighted by Gasteiger charge is -2.41. The fourth-order valence-corrected chi connectivity index (χ4v) is 5.76. The van der Waals surface area contributed by atoms with Crippen molar-refractivity contribution in [3.05, 3.63) is 47.5 Å². The van der Waals surface area contributed by atoms with Gasteiger partial charge < -0.3 is 19.1 Å². The molecule has 3 aromatic rings. The van der Waals surface area contributed by atoms with Crippen LogP contribution >= 0.6 is 11.3 Å². The quantitative estimate of drug-likeness (QED) is 0.289. The maximum Gasteiger partial charge on any atom is 0.573 e. The van der Waals surface area contributed by atoms with Crippen molar-refractivity contribution >= 4 is 32.7 Å². The number of unbranched alkanes of at least 4 members (excludes halogenated alkanes) is 1. The lowest BCUT2D eigenvalue weighted by atomic mass is 10.0. The van der Waals surface area contributed by atoms with E-state index < -0.39 is 12.3 Å². The molecule has 1 aromatic heterocycles. The van der Waals surface area contributed by atoms with Gasteiger partial charge >= 0.3 is 12.3 Å². The Labute approximate surface area is 224 Å². The summed E-state index contributed by atoms with van der Waals surface area (Å²) in [5.74, 6) is -0.0301. The third-order valence-corrected chi connectivity index (χ3v) is 7.44. The van der Waals surface area contributed by atoms with Crippen LogP contribution in [0.1, 0.15) is 37.3 Å². The van der Waals surface area contributed by atoms with Crippen molar-refractivity contribution in [2.75, 3.05) is 38.3 Å². The fraction of sp³-hybridized carbons (Fsp3) is 0.481. The van der Waals surface area contributed by atoms with Crippen molar-refractivity contribution in [2.24, 2.45) is 0 Å². The van der Waals surface area contributed by atoms with Gasteiger partial charge in [-0.1, -0.05) is 37.2 Å². The molecular weight excluding hydrogens is 519 g/mol. The highest BCUT2D eigenvalue weighted by atomic mass is 32.1. The Morgan fingerprint density at radius 1 is 1.16 bits per heavy atom. The largest absolute Gasteiger partial charge is 0.573 e. The smallest absolute Gasteiger partial charge is 0.482 e. The van der Waals surface area contributed by atoms with Gasteiger partial charge in [0.05, 0.1) is 17.3 Å². The Balaban J connectivity index is 1.47. The molecule has 0 unspecified atom stereocenters. The Morgan fingerprint density at radius 2 is 1.97 bits per heavy atom. The molecule has 1 aliphatic heterocycles. The monoisotopic (exact) mass is 551 g/mol. The van der Waals surface area contributed by atoms with Crippen LogP contribution in [0.5, 0.6) is 11.5 Å². The molecule has 1 aliphatic rings. The van der Waals surface area contributed by atoms with E-state index in [0.717, 1.165) is 61.7 Å². The molecule has 11 heteroatoms. The molecule has 2 aromatic carbocycles. The van der Waals surface area contributed by atoms with Gasteiger partial charge in [0, 0.05) is 38.3 Å². The highest BCUT2D eigenvalue weighted by Crippen LogP contribution is 2.35. The number of halogens is 3. The van der Waals surface area contributed by atoms with E-state index in [9.17, 15) is 18.0 Å². The molecule has 0 radical (unpaired) electrons. The zero-order valence-electron chi connectivity index (χ0n) is 21.7. The minimum atomic E-state index is -4.73. The lowest BCUT2D eigenvalue weighted by molar-refractivity contribution is -0.274. The van der Waals surface area contributed by atoms with Gasteiger partial charge in [-0.2, -0.15) is 0 Å². The number of hydrogen-bond donors (Lipinski definition) is 0. The number of piperazine rings is 1. The molecular formula is C27H32F3N3O4S. The van der Waals surface area contributed by atoms with Crippen LogP contribution in [0.2, 0.25) is 0 Å². The highest BCUT2D eigenvalue weighted by molar-refractivity contribution is 7.22. The van der Waals surface area contributed by atoms with Gasteiger partial charge in [0.15, 0.2) is 11.7 Å². The molecule has 0 saturated carbocycles. The maximum absolute atomic E-state index is 12.7. The van der Waals surface area contributed by atoms with Crippen molar-refractivity contribution < 1.29 is 32.2 Å². The van der Waals surface area contributed by atoms with Crippen LogP contribution < -0.4 is 14.4 Å². The second kappa shape index (κ2) is 12.2. The zero-order valence-corrected chi connectivity index (χ0v) is 22.5. The summed E-state index contributed by atoms with van der Waals surface area (Å²) >= 11 is 1.39. The van der Waals surface area contributed by atoms with Crippen LogP contribution in [0.25, 0.3) is 10.2 Å². The minimum absolute atomic E-state index is 0.136. The molecule has 0 N–H and O–H groups in total. The van der Waals surface area contributed by atoms with Crippen LogP contribution in [0.4, 0.5) is 18.3 Å². The number of esters is 1. The number of aryl methyl sites for hydroxylation is 1. The van der Waals surface area contributed by atoms with E-state index in [4.69, 9.17) is 9.72 Å². The number of fused-ring (bicyclic) bond motifs is 1. The summed E-state index contributed by atoms with van der Waals surface area (Å²) < 4.78 is 53.0. The zero-order chi connectivity index (χ0) is 27.3. The Kier molecular flexibility index (Phi) is 8.99. The van der Waals surface area contributed by atoms with Crippen molar-refractivity contribution in [2.45, 2.75) is 52.1 Å². The summed E-state index contributed by atoms with van der Waals surface area (Å²) in [6, 6.07) is 10.5. The van der Waals surface area contributed by atoms with E-state index in [0.29, 0.717) is 16.0 Å². The summed E-state index contributed by atoms with van der Waals surface area (Å²) in [5, 5.41) is 0.818. The van der Waals surface area contributed by atoms with Gasteiger partial charge in [0.25, 0.3) is 0 Å². The third kappa shape index (κ3) is 7.50. The van der Waals surface area contributed by atoms with Crippen LogP contribution in [-0.2, 0) is 16.1 Å². The van der Waals surface area contributed by atoms with Crippen LogP contribution in [-0.4, -0.2) is 61.6 Å². The van der Waals surface area contributed by atoms with E-state index in [-0.39, 0.29) is 18.4 Å². The molecule has 1 saturated heterocycles. The summed E-state index contributed by atoms with van der Waals surface area (Å²) in [6.45, 7) is 7.17. The topological polar surface area (TPSA) is 64.1 Å². The number of ether oxygens (including phenoxy) is 3. The first kappa shape index (κ1) is 28.0. The average Bonchev–Trinajstić information content (AvgIpc) is 3.28. The second-order valence-corrected chi connectivity index (χ2v) is 10.4. The molecule has 0 aliphatic carbocycles. The number of aromatic nitrogens is 1. The van der Waals surface area contributed by atoms with E-state index >= 15 is 0 Å². The average molecular weight is 552 g/mol. The Hall–Kier alpha value is -3.05. The van der Waals surface area contributed by atoms with Gasteiger partial charge in [0.1, 0.15) is 11.5 Å². The summed E-state index contributed by atoms with van der Waals surface area (Å²) in [7, 11) is 1.33. The Bertz CT molecular complexity index is 1250. The molecule has 4 rings (SSSR count). The number of carbonyl (C=O) groups excluding carboxylic acids is 1. The van der Waals surface area contributed by atoms with Gasteiger partial charge in [-0.15, -0.1) is 13.2 Å². The van der Waals surface area contributed by atoms with E-state index in [1.165, 1.54) is 30.6 Å². The van der Waals surface area contributed by atoms with Crippen molar-refractivity contribution in [1.82, 2.24) is 9.88 Å². The minimum Gasteiger partial charge on any atom is -0.482 e. The third-order valence-electron chi connectivity index (χ3n) is 6.39. The van der Waals surface area contributed by atoms with Gasteiger partial charge in [-0.3, -0.25) is 4.90 Å². The molecule has 1 fully saturated rings. The number of methoxy groups -OCH3 is 1. The van der Waals surface area contributed by atoms with E-state index in [1.807, 2.05) is 19.1 Å². The van der Waals surface area contributed by atoms with Crippen molar-refractivity contribution in [3.8, 4) is 11.5 Å². The maximum atomic E-state index is 12.7. The number of benzene rings is 2. The molecule has 0 bridgehead atoms. The molecule has 206 valence electrons. The van der Waals surface area contributed by atoms with Gasteiger partial charge in [-0.25, -0.2) is 9.78 Å². The number of thiazole rings is 1. The van der Waals surface area contributed by atoms with Gasteiger partial charge in [-0.05, 0) is 48.7 Å². The Morgan fingerprint density at radius 3 is 2.71 bits per heavy atom. The number of alkyl halides is 3. The summed E-state index contributed by atoms with van der Waals surface area (Å²) in [6.07, 6.45) is -1.60. The molecule has 2 heterocycles. The summed E-state index contributed by atoms with van der Waals surface area (Å²) in [4.78, 5) is 20.9. The number of nitrogens with zero attached hydrogens (tertiary/aromatic N) is 3. The first-order valence-electron chi connectivity index (χ1n) is 12.6. The predicted molar refractivity (Wildman–Crippen MR) is 141 cm³/mol. The lowest BCUT2D eigenvalue weighted by Crippen LogP contribution is -2.53. The molecule has 0 amide bonds. The summed E-state index contributed by atoms with van der Waals surface area (Å²) in [5.41, 5.74) is 2.81.